The van der Waals surface area contributed by atoms with Gasteiger partial charge < -0.3 is 9.47 Å². The van der Waals surface area contributed by atoms with Gasteiger partial charge in [0.2, 0.25) is 0 Å². The molecule has 1 saturated heterocycles. The van der Waals surface area contributed by atoms with Gasteiger partial charge in [0.25, 0.3) is 11.8 Å². The molecule has 2 aromatic carbocycles. The zero-order valence-electron chi connectivity index (χ0n) is 21.3. The smallest absolute Gasteiger partial charge is 0.261 e. The Bertz CT molecular complexity index is 1360. The molecule has 1 N–H and O–H groups in total. The highest BCUT2D eigenvalue weighted by Gasteiger charge is 2.35. The number of aryl methyl sites for hydroxylation is 1. The summed E-state index contributed by atoms with van der Waals surface area (Å²) in [5.41, 5.74) is 2.68. The van der Waals surface area contributed by atoms with Gasteiger partial charge in [0, 0.05) is 37.5 Å². The fraction of sp³-hybridized carbons (Fsp3) is 0.393. The van der Waals surface area contributed by atoms with Crippen molar-refractivity contribution in [3.8, 4) is 5.75 Å². The summed E-state index contributed by atoms with van der Waals surface area (Å²) in [6, 6.07) is 13.5. The van der Waals surface area contributed by atoms with Crippen molar-refractivity contribution in [2.24, 2.45) is 7.05 Å². The maximum Gasteiger partial charge on any atom is 0.261 e. The molecule has 5 rings (SSSR count). The molecule has 3 aromatic rings. The van der Waals surface area contributed by atoms with Crippen LogP contribution in [0.1, 0.15) is 37.7 Å². The van der Waals surface area contributed by atoms with E-state index in [2.05, 4.69) is 36.1 Å². The summed E-state index contributed by atoms with van der Waals surface area (Å²) in [4.78, 5) is 28.4. The van der Waals surface area contributed by atoms with E-state index in [1.54, 1.807) is 11.7 Å². The van der Waals surface area contributed by atoms with Crippen LogP contribution in [0.5, 0.6) is 5.75 Å². The van der Waals surface area contributed by atoms with Crippen LogP contribution in [0.25, 0.3) is 21.9 Å². The van der Waals surface area contributed by atoms with E-state index in [1.807, 2.05) is 42.5 Å². The molecule has 3 heterocycles. The van der Waals surface area contributed by atoms with Crippen molar-refractivity contribution >= 4 is 33.7 Å². The van der Waals surface area contributed by atoms with E-state index in [1.165, 1.54) is 0 Å². The molecule has 0 radical (unpaired) electrons. The standard InChI is InChI=1S/C28H32N4O4/c1-28(2,3)23-17-21(31(4)30-23)25-24(26(33)29-27(25)34)20-9-10-22(19-8-6-5-7-18(19)20)36-16-13-32-11-14-35-15-12-32/h5-10,17H,11-16H2,1-4H3,(H,29,33,34). The summed E-state index contributed by atoms with van der Waals surface area (Å²) >= 11 is 0. The lowest BCUT2D eigenvalue weighted by Gasteiger charge is -2.26. The summed E-state index contributed by atoms with van der Waals surface area (Å²) < 4.78 is 13.3. The first-order chi connectivity index (χ1) is 17.2. The molecule has 8 nitrogen and oxygen atoms in total. The normalized spacial score (nSPS) is 17.2. The Morgan fingerprint density at radius 1 is 1.00 bits per heavy atom. The third-order valence-electron chi connectivity index (χ3n) is 6.76. The van der Waals surface area contributed by atoms with Gasteiger partial charge in [-0.2, -0.15) is 5.10 Å². The van der Waals surface area contributed by atoms with Crippen LogP contribution in [0.2, 0.25) is 0 Å². The monoisotopic (exact) mass is 488 g/mol. The zero-order chi connectivity index (χ0) is 25.4. The quantitative estimate of drug-likeness (QED) is 0.537. The molecule has 0 aliphatic carbocycles. The minimum absolute atomic E-state index is 0.192. The second-order valence-electron chi connectivity index (χ2n) is 10.3. The summed E-state index contributed by atoms with van der Waals surface area (Å²) in [5, 5.41) is 8.88. The van der Waals surface area contributed by atoms with Crippen molar-refractivity contribution in [2.45, 2.75) is 26.2 Å². The second-order valence-corrected chi connectivity index (χ2v) is 10.3. The lowest BCUT2D eigenvalue weighted by Crippen LogP contribution is -2.38. The second kappa shape index (κ2) is 9.52. The third kappa shape index (κ3) is 4.54. The van der Waals surface area contributed by atoms with E-state index < -0.39 is 11.8 Å². The van der Waals surface area contributed by atoms with Gasteiger partial charge >= 0.3 is 0 Å². The molecule has 0 atom stereocenters. The van der Waals surface area contributed by atoms with Crippen LogP contribution >= 0.6 is 0 Å². The number of benzene rings is 2. The summed E-state index contributed by atoms with van der Waals surface area (Å²) in [6.45, 7) is 10.9. The first-order valence-electron chi connectivity index (χ1n) is 12.3. The molecule has 0 spiro atoms. The Morgan fingerprint density at radius 2 is 1.69 bits per heavy atom. The SMILES string of the molecule is Cn1nc(C(C)(C)C)cc1C1=C(c2ccc(OCCN3CCOCC3)c3ccccc23)C(=O)NC1=O. The number of amides is 2. The average molecular weight is 489 g/mol. The van der Waals surface area contributed by atoms with Crippen LogP contribution < -0.4 is 10.1 Å². The van der Waals surface area contributed by atoms with Gasteiger partial charge in [-0.3, -0.25) is 24.5 Å². The van der Waals surface area contributed by atoms with Crippen LogP contribution in [-0.2, 0) is 26.8 Å². The molecule has 2 aliphatic rings. The van der Waals surface area contributed by atoms with Crippen LogP contribution in [0.4, 0.5) is 0 Å². The highest BCUT2D eigenvalue weighted by Crippen LogP contribution is 2.38. The van der Waals surface area contributed by atoms with E-state index in [9.17, 15) is 9.59 Å². The third-order valence-corrected chi connectivity index (χ3v) is 6.76. The number of imide groups is 1. The molecule has 1 aromatic heterocycles. The minimum atomic E-state index is -0.409. The van der Waals surface area contributed by atoms with E-state index in [4.69, 9.17) is 9.47 Å². The molecule has 188 valence electrons. The fourth-order valence-electron chi connectivity index (χ4n) is 4.75. The molecule has 0 saturated carbocycles. The molecule has 0 unspecified atom stereocenters. The Balaban J connectivity index is 1.54. The maximum atomic E-state index is 13.1. The first-order valence-corrected chi connectivity index (χ1v) is 12.3. The lowest BCUT2D eigenvalue weighted by molar-refractivity contribution is -0.122. The predicted molar refractivity (Wildman–Crippen MR) is 139 cm³/mol. The van der Waals surface area contributed by atoms with Crippen molar-refractivity contribution in [1.82, 2.24) is 20.0 Å². The van der Waals surface area contributed by atoms with Crippen molar-refractivity contribution in [2.75, 3.05) is 39.5 Å². The van der Waals surface area contributed by atoms with Crippen LogP contribution in [0.3, 0.4) is 0 Å². The molecule has 8 heteroatoms. The predicted octanol–water partition coefficient (Wildman–Crippen LogP) is 3.15. The minimum Gasteiger partial charge on any atom is -0.492 e. The Morgan fingerprint density at radius 3 is 2.39 bits per heavy atom. The van der Waals surface area contributed by atoms with Crippen LogP contribution in [0.15, 0.2) is 42.5 Å². The maximum absolute atomic E-state index is 13.1. The van der Waals surface area contributed by atoms with E-state index in [-0.39, 0.29) is 5.41 Å². The number of nitrogens with one attached hydrogen (secondary N) is 1. The Labute approximate surface area is 210 Å². The number of carbonyl (C=O) groups is 2. The largest absolute Gasteiger partial charge is 0.492 e. The number of fused-ring (bicyclic) bond motifs is 1. The number of rotatable bonds is 6. The lowest BCUT2D eigenvalue weighted by atomic mass is 9.90. The van der Waals surface area contributed by atoms with Crippen molar-refractivity contribution < 1.29 is 19.1 Å². The van der Waals surface area contributed by atoms with Crippen molar-refractivity contribution in [3.05, 3.63) is 59.4 Å². The fourth-order valence-corrected chi connectivity index (χ4v) is 4.75. The molecular weight excluding hydrogens is 456 g/mol. The van der Waals surface area contributed by atoms with Crippen LogP contribution in [0, 0.1) is 0 Å². The molecule has 36 heavy (non-hydrogen) atoms. The Kier molecular flexibility index (Phi) is 6.40. The van der Waals surface area contributed by atoms with Gasteiger partial charge in [-0.25, -0.2) is 0 Å². The van der Waals surface area contributed by atoms with Crippen molar-refractivity contribution in [3.63, 3.8) is 0 Å². The molecule has 1 fully saturated rings. The van der Waals surface area contributed by atoms with Gasteiger partial charge in [0.05, 0.1) is 35.7 Å². The number of nitrogens with zero attached hydrogens (tertiary/aromatic N) is 3. The first kappa shape index (κ1) is 24.2. The number of morpholine rings is 1. The van der Waals surface area contributed by atoms with E-state index in [0.29, 0.717) is 29.0 Å². The molecule has 2 aliphatic heterocycles. The van der Waals surface area contributed by atoms with Gasteiger partial charge in [-0.1, -0.05) is 45.0 Å². The number of aromatic nitrogens is 2. The summed E-state index contributed by atoms with van der Waals surface area (Å²) in [5.74, 6) is -0.0573. The zero-order valence-corrected chi connectivity index (χ0v) is 21.3. The van der Waals surface area contributed by atoms with E-state index >= 15 is 0 Å². The van der Waals surface area contributed by atoms with Gasteiger partial charge in [-0.15, -0.1) is 0 Å². The topological polar surface area (TPSA) is 85.7 Å². The summed E-state index contributed by atoms with van der Waals surface area (Å²) in [6.07, 6.45) is 0. The van der Waals surface area contributed by atoms with Gasteiger partial charge in [0.1, 0.15) is 12.4 Å². The van der Waals surface area contributed by atoms with Gasteiger partial charge in [0.15, 0.2) is 0 Å². The molecule has 2 amide bonds. The van der Waals surface area contributed by atoms with Crippen molar-refractivity contribution in [1.29, 1.82) is 0 Å². The van der Waals surface area contributed by atoms with Crippen LogP contribution in [-0.4, -0.2) is 65.9 Å². The average Bonchev–Trinajstić information content (AvgIpc) is 3.38. The highest BCUT2D eigenvalue weighted by atomic mass is 16.5. The highest BCUT2D eigenvalue weighted by molar-refractivity contribution is 6.49. The van der Waals surface area contributed by atoms with E-state index in [0.717, 1.165) is 55.1 Å². The van der Waals surface area contributed by atoms with Gasteiger partial charge in [-0.05, 0) is 29.1 Å². The molecular formula is C28H32N4O4. The number of ether oxygens (including phenoxy) is 2. The number of hydrogen-bond acceptors (Lipinski definition) is 6. The Hall–Kier alpha value is -3.49. The summed E-state index contributed by atoms with van der Waals surface area (Å²) in [7, 11) is 1.80. The molecule has 0 bridgehead atoms. The number of carbonyl (C=O) groups excluding carboxylic acids is 2. The number of hydrogen-bond donors (Lipinski definition) is 1.